The molecule has 22 heavy (non-hydrogen) atoms. The smallest absolute Gasteiger partial charge is 0.311 e. The fraction of sp³-hybridized carbons (Fsp3) is 0.867. The molecule has 0 aromatic rings. The zero-order chi connectivity index (χ0) is 16.9. The van der Waals surface area contributed by atoms with E-state index in [0.717, 1.165) is 0 Å². The van der Waals surface area contributed by atoms with Crippen molar-refractivity contribution in [3.63, 3.8) is 0 Å². The van der Waals surface area contributed by atoms with Crippen molar-refractivity contribution in [2.45, 2.75) is 64.4 Å². The zero-order valence-corrected chi connectivity index (χ0v) is 13.3. The average molecular weight is 318 g/mol. The van der Waals surface area contributed by atoms with Gasteiger partial charge in [0.1, 0.15) is 6.10 Å². The van der Waals surface area contributed by atoms with Gasteiger partial charge in [0.25, 0.3) is 0 Å². The lowest BCUT2D eigenvalue weighted by molar-refractivity contribution is -0.199. The van der Waals surface area contributed by atoms with E-state index in [-0.39, 0.29) is 19.1 Å². The van der Waals surface area contributed by atoms with Crippen molar-refractivity contribution in [2.24, 2.45) is 11.8 Å². The molecule has 1 aliphatic rings. The maximum Gasteiger partial charge on any atom is 0.311 e. The van der Waals surface area contributed by atoms with E-state index >= 15 is 0 Å². The summed E-state index contributed by atoms with van der Waals surface area (Å²) >= 11 is 0. The first-order chi connectivity index (χ1) is 10.4. The number of carboxylic acid groups (broad SMARTS) is 1. The number of aliphatic hydroxyl groups is 2. The highest BCUT2D eigenvalue weighted by molar-refractivity contribution is 5.77. The number of carboxylic acids is 1. The quantitative estimate of drug-likeness (QED) is 0.588. The summed E-state index contributed by atoms with van der Waals surface area (Å²) in [6, 6.07) is 0. The first-order valence-corrected chi connectivity index (χ1v) is 7.78. The molecule has 7 heteroatoms. The van der Waals surface area contributed by atoms with Crippen molar-refractivity contribution in [1.29, 1.82) is 0 Å². The minimum Gasteiger partial charge on any atom is -0.481 e. The molecule has 0 aromatic heterocycles. The molecule has 5 atom stereocenters. The van der Waals surface area contributed by atoms with Crippen LogP contribution in [0.25, 0.3) is 0 Å². The van der Waals surface area contributed by atoms with Gasteiger partial charge in [0.2, 0.25) is 0 Å². The molecular weight excluding hydrogens is 292 g/mol. The van der Waals surface area contributed by atoms with Crippen molar-refractivity contribution in [3.05, 3.63) is 0 Å². The summed E-state index contributed by atoms with van der Waals surface area (Å²) in [5.74, 6) is -4.06. The monoisotopic (exact) mass is 318 g/mol. The summed E-state index contributed by atoms with van der Waals surface area (Å²) in [5, 5.41) is 29.8. The Kier molecular flexibility index (Phi) is 7.25. The maximum atomic E-state index is 11.9. The van der Waals surface area contributed by atoms with E-state index in [2.05, 4.69) is 0 Å². The third kappa shape index (κ3) is 4.18. The Morgan fingerprint density at radius 3 is 2.09 bits per heavy atom. The molecule has 1 rings (SSSR count). The molecule has 7 nitrogen and oxygen atoms in total. The molecular formula is C15H26O7. The van der Waals surface area contributed by atoms with Gasteiger partial charge in [-0.2, -0.15) is 0 Å². The second-order valence-corrected chi connectivity index (χ2v) is 5.56. The lowest BCUT2D eigenvalue weighted by Gasteiger charge is -2.41. The Labute approximate surface area is 130 Å². The van der Waals surface area contributed by atoms with E-state index in [1.165, 1.54) is 0 Å². The summed E-state index contributed by atoms with van der Waals surface area (Å²) in [5.41, 5.74) is 0. The minimum atomic E-state index is -1.36. The molecule has 128 valence electrons. The van der Waals surface area contributed by atoms with Crippen LogP contribution in [0.3, 0.4) is 0 Å². The fourth-order valence-corrected chi connectivity index (χ4v) is 2.81. The van der Waals surface area contributed by atoms with Crippen LogP contribution < -0.4 is 0 Å². The lowest BCUT2D eigenvalue weighted by atomic mass is 9.75. The number of carbonyl (C=O) groups is 2. The molecule has 0 aromatic carbocycles. The molecule has 1 saturated carbocycles. The largest absolute Gasteiger partial charge is 0.481 e. The Balaban J connectivity index is 2.99. The van der Waals surface area contributed by atoms with Gasteiger partial charge in [0.05, 0.1) is 36.8 Å². The number of esters is 1. The molecule has 0 heterocycles. The molecule has 0 radical (unpaired) electrons. The van der Waals surface area contributed by atoms with Gasteiger partial charge in [-0.15, -0.1) is 0 Å². The predicted octanol–water partition coefficient (Wildman–Crippen LogP) is 0.566. The van der Waals surface area contributed by atoms with E-state index in [9.17, 15) is 24.9 Å². The fourth-order valence-electron chi connectivity index (χ4n) is 2.81. The molecule has 1 fully saturated rings. The van der Waals surface area contributed by atoms with Gasteiger partial charge >= 0.3 is 11.9 Å². The summed E-state index contributed by atoms with van der Waals surface area (Å²) in [7, 11) is 0. The van der Waals surface area contributed by atoms with Crippen LogP contribution in [0.4, 0.5) is 0 Å². The topological polar surface area (TPSA) is 113 Å². The number of hydrogen-bond donors (Lipinski definition) is 3. The summed E-state index contributed by atoms with van der Waals surface area (Å²) < 4.78 is 10.6. The van der Waals surface area contributed by atoms with Crippen LogP contribution in [0.15, 0.2) is 0 Å². The van der Waals surface area contributed by atoms with Crippen molar-refractivity contribution in [3.8, 4) is 0 Å². The number of hydrogen-bond acceptors (Lipinski definition) is 6. The van der Waals surface area contributed by atoms with Gasteiger partial charge in [0, 0.05) is 0 Å². The van der Waals surface area contributed by atoms with Gasteiger partial charge in [0.15, 0.2) is 0 Å². The molecule has 0 saturated heterocycles. The summed E-state index contributed by atoms with van der Waals surface area (Å²) in [4.78, 5) is 23.3. The van der Waals surface area contributed by atoms with Gasteiger partial charge in [-0.1, -0.05) is 13.8 Å². The number of ether oxygens (including phenoxy) is 2. The Bertz CT molecular complexity index is 380. The van der Waals surface area contributed by atoms with Crippen LogP contribution in [0.1, 0.15) is 40.0 Å². The van der Waals surface area contributed by atoms with E-state index in [0.29, 0.717) is 12.8 Å². The normalized spacial score (nSPS) is 32.0. The van der Waals surface area contributed by atoms with E-state index in [1.807, 2.05) is 13.8 Å². The third-order valence-corrected chi connectivity index (χ3v) is 4.17. The molecule has 3 N–H and O–H groups in total. The van der Waals surface area contributed by atoms with Crippen molar-refractivity contribution in [2.75, 3.05) is 6.61 Å². The highest BCUT2D eigenvalue weighted by Gasteiger charge is 2.50. The van der Waals surface area contributed by atoms with E-state index in [1.54, 1.807) is 6.92 Å². The van der Waals surface area contributed by atoms with Gasteiger partial charge in [-0.25, -0.2) is 0 Å². The molecule has 0 unspecified atom stereocenters. The maximum absolute atomic E-state index is 11.9. The highest BCUT2D eigenvalue weighted by atomic mass is 16.5. The molecule has 0 amide bonds. The average Bonchev–Trinajstić information content (AvgIpc) is 2.47. The zero-order valence-electron chi connectivity index (χ0n) is 13.3. The summed E-state index contributed by atoms with van der Waals surface area (Å²) in [6.45, 7) is 5.57. The standard InChI is InChI=1S/C15H26O7/c1-4-8(5-2)22-13-11(16)9(14(18)19)7-10(12(13)17)15(20)21-6-3/h8-13,16-17H,4-7H2,1-3H3,(H,18,19)/t9-,10+,11-,12+,13-/m1/s1. The van der Waals surface area contributed by atoms with Gasteiger partial charge < -0.3 is 24.8 Å². The molecule has 0 spiro atoms. The molecule has 0 bridgehead atoms. The second kappa shape index (κ2) is 8.45. The van der Waals surface area contributed by atoms with Crippen LogP contribution in [-0.4, -0.2) is 58.3 Å². The highest BCUT2D eigenvalue weighted by Crippen LogP contribution is 2.34. The van der Waals surface area contributed by atoms with Gasteiger partial charge in [-0.05, 0) is 26.2 Å². The SMILES string of the molecule is CCOC(=O)[C@H]1C[C@@H](C(=O)O)[C@@H](O)[C@@H](OC(CC)CC)[C@H]1O. The minimum absolute atomic E-state index is 0.139. The van der Waals surface area contributed by atoms with E-state index < -0.39 is 42.1 Å². The van der Waals surface area contributed by atoms with Crippen molar-refractivity contribution < 1.29 is 34.4 Å². The molecule has 0 aliphatic heterocycles. The van der Waals surface area contributed by atoms with Crippen LogP contribution in [0.2, 0.25) is 0 Å². The Hall–Kier alpha value is -1.18. The summed E-state index contributed by atoms with van der Waals surface area (Å²) in [6.07, 6.45) is -2.83. The van der Waals surface area contributed by atoms with Crippen LogP contribution >= 0.6 is 0 Å². The van der Waals surface area contributed by atoms with Crippen molar-refractivity contribution >= 4 is 11.9 Å². The number of rotatable bonds is 7. The van der Waals surface area contributed by atoms with Crippen LogP contribution in [-0.2, 0) is 19.1 Å². The van der Waals surface area contributed by atoms with Gasteiger partial charge in [-0.3, -0.25) is 9.59 Å². The first-order valence-electron chi connectivity index (χ1n) is 7.78. The van der Waals surface area contributed by atoms with Crippen LogP contribution in [0.5, 0.6) is 0 Å². The third-order valence-electron chi connectivity index (χ3n) is 4.17. The number of aliphatic carboxylic acids is 1. The van der Waals surface area contributed by atoms with E-state index in [4.69, 9.17) is 9.47 Å². The second-order valence-electron chi connectivity index (χ2n) is 5.56. The molecule has 1 aliphatic carbocycles. The number of carbonyl (C=O) groups excluding carboxylic acids is 1. The van der Waals surface area contributed by atoms with Crippen LogP contribution in [0, 0.1) is 11.8 Å². The first kappa shape index (κ1) is 18.9. The number of aliphatic hydroxyl groups excluding tert-OH is 2. The predicted molar refractivity (Wildman–Crippen MR) is 77.1 cm³/mol. The lowest BCUT2D eigenvalue weighted by Crippen LogP contribution is -2.57. The Morgan fingerprint density at radius 2 is 1.64 bits per heavy atom. The van der Waals surface area contributed by atoms with Crippen molar-refractivity contribution in [1.82, 2.24) is 0 Å². The Morgan fingerprint density at radius 1 is 1.09 bits per heavy atom.